The molecule has 1 heterocycles. The number of sulfonamides is 1. The molecule has 0 aromatic heterocycles. The van der Waals surface area contributed by atoms with Gasteiger partial charge in [0, 0.05) is 26.1 Å². The van der Waals surface area contributed by atoms with Crippen molar-refractivity contribution in [2.45, 2.75) is 32.9 Å². The fourth-order valence-electron chi connectivity index (χ4n) is 3.17. The fraction of sp³-hybridized carbons (Fsp3) is 0.350. The Morgan fingerprint density at radius 2 is 1.88 bits per heavy atom. The monoisotopic (exact) mass is 372 g/mol. The van der Waals surface area contributed by atoms with Crippen LogP contribution in [0.1, 0.15) is 28.7 Å². The number of carbonyl (C=O) groups is 1. The molecule has 0 radical (unpaired) electrons. The van der Waals surface area contributed by atoms with E-state index in [-0.39, 0.29) is 18.1 Å². The Morgan fingerprint density at radius 3 is 2.65 bits per heavy atom. The summed E-state index contributed by atoms with van der Waals surface area (Å²) in [4.78, 5) is 12.0. The maximum atomic E-state index is 12.6. The number of rotatable bonds is 6. The number of hydrogen-bond acceptors (Lipinski definition) is 3. The van der Waals surface area contributed by atoms with Crippen molar-refractivity contribution in [3.05, 3.63) is 70.8 Å². The van der Waals surface area contributed by atoms with Crippen molar-refractivity contribution in [2.24, 2.45) is 0 Å². The van der Waals surface area contributed by atoms with Gasteiger partial charge in [0.15, 0.2) is 0 Å². The summed E-state index contributed by atoms with van der Waals surface area (Å²) in [6.45, 7) is 3.28. The third kappa shape index (κ3) is 4.71. The molecule has 0 atom stereocenters. The number of fused-ring (bicyclic) bond motifs is 1. The maximum Gasteiger partial charge on any atom is 0.221 e. The highest BCUT2D eigenvalue weighted by Gasteiger charge is 2.26. The molecular formula is C20H24N2O3S. The maximum absolute atomic E-state index is 12.6. The third-order valence-corrected chi connectivity index (χ3v) is 6.47. The number of hydrogen-bond donors (Lipinski definition) is 1. The summed E-state index contributed by atoms with van der Waals surface area (Å²) in [7, 11) is -3.44. The second kappa shape index (κ2) is 8.01. The van der Waals surface area contributed by atoms with Crippen LogP contribution in [0, 0.1) is 6.92 Å². The minimum absolute atomic E-state index is 0.0215. The molecular weight excluding hydrogens is 348 g/mol. The minimum atomic E-state index is -3.44. The van der Waals surface area contributed by atoms with Crippen LogP contribution >= 0.6 is 0 Å². The van der Waals surface area contributed by atoms with Crippen LogP contribution < -0.4 is 5.32 Å². The topological polar surface area (TPSA) is 66.5 Å². The highest BCUT2D eigenvalue weighted by Crippen LogP contribution is 2.21. The molecule has 1 N–H and O–H groups in total. The highest BCUT2D eigenvalue weighted by atomic mass is 32.2. The molecule has 0 bridgehead atoms. The van der Waals surface area contributed by atoms with Crippen molar-refractivity contribution >= 4 is 15.9 Å². The number of amides is 1. The first-order chi connectivity index (χ1) is 12.4. The molecule has 0 spiro atoms. The normalized spacial score (nSPS) is 14.7. The van der Waals surface area contributed by atoms with Crippen LogP contribution in [-0.4, -0.2) is 30.9 Å². The lowest BCUT2D eigenvalue weighted by Crippen LogP contribution is -2.38. The fourth-order valence-corrected chi connectivity index (χ4v) is 4.58. The number of carbonyl (C=O) groups excluding carboxylic acids is 1. The predicted octanol–water partition coefficient (Wildman–Crippen LogP) is 2.39. The van der Waals surface area contributed by atoms with Gasteiger partial charge in [-0.05, 0) is 30.0 Å². The lowest BCUT2D eigenvalue weighted by Gasteiger charge is -2.28. The van der Waals surface area contributed by atoms with E-state index in [0.717, 1.165) is 23.1 Å². The van der Waals surface area contributed by atoms with E-state index in [1.54, 1.807) is 0 Å². The first-order valence-corrected chi connectivity index (χ1v) is 10.4. The number of nitrogens with one attached hydrogen (secondary N) is 1. The molecule has 138 valence electrons. The molecule has 0 unspecified atom stereocenters. The van der Waals surface area contributed by atoms with Gasteiger partial charge in [0.2, 0.25) is 15.9 Å². The molecule has 2 aromatic rings. The van der Waals surface area contributed by atoms with Crippen LogP contribution in [0.25, 0.3) is 0 Å². The van der Waals surface area contributed by atoms with Gasteiger partial charge in [0.05, 0.1) is 5.75 Å². The van der Waals surface area contributed by atoms with Crippen molar-refractivity contribution in [3.8, 4) is 0 Å². The quantitative estimate of drug-likeness (QED) is 0.847. The summed E-state index contributed by atoms with van der Waals surface area (Å²) in [6, 6.07) is 15.8. The van der Waals surface area contributed by atoms with Gasteiger partial charge in [-0.25, -0.2) is 8.42 Å². The molecule has 2 aromatic carbocycles. The Morgan fingerprint density at radius 1 is 1.12 bits per heavy atom. The Balaban J connectivity index is 1.51. The molecule has 0 aliphatic carbocycles. The number of aryl methyl sites for hydroxylation is 1. The first kappa shape index (κ1) is 18.6. The average molecular weight is 372 g/mol. The van der Waals surface area contributed by atoms with Gasteiger partial charge >= 0.3 is 0 Å². The van der Waals surface area contributed by atoms with Crippen molar-refractivity contribution in [3.63, 3.8) is 0 Å². The second-order valence-electron chi connectivity index (χ2n) is 6.68. The van der Waals surface area contributed by atoms with Crippen LogP contribution in [0.2, 0.25) is 0 Å². The van der Waals surface area contributed by atoms with Crippen LogP contribution in [0.4, 0.5) is 0 Å². The van der Waals surface area contributed by atoms with Crippen LogP contribution in [0.15, 0.2) is 48.5 Å². The van der Waals surface area contributed by atoms with Gasteiger partial charge < -0.3 is 5.32 Å². The Kier molecular flexibility index (Phi) is 5.74. The van der Waals surface area contributed by atoms with Crippen molar-refractivity contribution in [1.29, 1.82) is 0 Å². The van der Waals surface area contributed by atoms with Crippen molar-refractivity contribution in [1.82, 2.24) is 9.62 Å². The molecule has 1 aliphatic heterocycles. The third-order valence-electron chi connectivity index (χ3n) is 4.65. The minimum Gasteiger partial charge on any atom is -0.352 e. The summed E-state index contributed by atoms with van der Waals surface area (Å²) in [6.07, 6.45) is 0.696. The first-order valence-electron chi connectivity index (χ1n) is 8.81. The standard InChI is InChI=1S/C20H24N2O3S/c1-16-5-4-6-17(13-16)14-21-20(23)10-12-26(24,25)22-11-9-18-7-2-3-8-19(18)15-22/h2-8,13H,9-12,14-15H2,1H3,(H,21,23). The van der Waals surface area contributed by atoms with Crippen molar-refractivity contribution < 1.29 is 13.2 Å². The lowest BCUT2D eigenvalue weighted by atomic mass is 10.0. The zero-order chi connectivity index (χ0) is 18.6. The smallest absolute Gasteiger partial charge is 0.221 e. The molecule has 5 nitrogen and oxygen atoms in total. The van der Waals surface area contributed by atoms with E-state index >= 15 is 0 Å². The van der Waals surface area contributed by atoms with Gasteiger partial charge in [-0.2, -0.15) is 4.31 Å². The van der Waals surface area contributed by atoms with Gasteiger partial charge in [-0.3, -0.25) is 4.79 Å². The predicted molar refractivity (Wildman–Crippen MR) is 102 cm³/mol. The van der Waals surface area contributed by atoms with Crippen LogP contribution in [0.5, 0.6) is 0 Å². The average Bonchev–Trinajstić information content (AvgIpc) is 2.64. The zero-order valence-corrected chi connectivity index (χ0v) is 15.8. The van der Waals surface area contributed by atoms with Crippen molar-refractivity contribution in [2.75, 3.05) is 12.3 Å². The van der Waals surface area contributed by atoms with Gasteiger partial charge in [0.25, 0.3) is 0 Å². The summed E-state index contributed by atoms with van der Waals surface area (Å²) < 4.78 is 26.6. The molecule has 26 heavy (non-hydrogen) atoms. The van der Waals surface area contributed by atoms with Crippen LogP contribution in [-0.2, 0) is 34.3 Å². The van der Waals surface area contributed by atoms with Gasteiger partial charge in [-0.15, -0.1) is 0 Å². The Labute approximate surface area is 155 Å². The molecule has 0 saturated heterocycles. The molecule has 1 aliphatic rings. The summed E-state index contributed by atoms with van der Waals surface area (Å²) >= 11 is 0. The van der Waals surface area contributed by atoms with E-state index in [0.29, 0.717) is 19.6 Å². The van der Waals surface area contributed by atoms with E-state index in [1.807, 2.05) is 55.5 Å². The van der Waals surface area contributed by atoms with Gasteiger partial charge in [0.1, 0.15) is 0 Å². The van der Waals surface area contributed by atoms with E-state index in [4.69, 9.17) is 0 Å². The lowest BCUT2D eigenvalue weighted by molar-refractivity contribution is -0.120. The van der Waals surface area contributed by atoms with E-state index in [2.05, 4.69) is 5.32 Å². The summed E-state index contributed by atoms with van der Waals surface area (Å²) in [5.74, 6) is -0.401. The van der Waals surface area contributed by atoms with Crippen LogP contribution in [0.3, 0.4) is 0 Å². The molecule has 1 amide bonds. The molecule has 0 fully saturated rings. The van der Waals surface area contributed by atoms with Gasteiger partial charge in [-0.1, -0.05) is 54.1 Å². The Hall–Kier alpha value is -2.18. The highest BCUT2D eigenvalue weighted by molar-refractivity contribution is 7.89. The summed E-state index contributed by atoms with van der Waals surface area (Å²) in [5, 5.41) is 2.80. The SMILES string of the molecule is Cc1cccc(CNC(=O)CCS(=O)(=O)N2CCc3ccccc3C2)c1. The number of nitrogens with zero attached hydrogens (tertiary/aromatic N) is 1. The van der Waals surface area contributed by atoms with E-state index < -0.39 is 10.0 Å². The molecule has 0 saturated carbocycles. The molecule has 3 rings (SSSR count). The van der Waals surface area contributed by atoms with E-state index in [1.165, 1.54) is 9.87 Å². The molecule has 6 heteroatoms. The largest absolute Gasteiger partial charge is 0.352 e. The number of benzene rings is 2. The zero-order valence-electron chi connectivity index (χ0n) is 14.9. The second-order valence-corrected chi connectivity index (χ2v) is 8.77. The summed E-state index contributed by atoms with van der Waals surface area (Å²) in [5.41, 5.74) is 4.39. The Bertz CT molecular complexity index is 893. The van der Waals surface area contributed by atoms with E-state index in [9.17, 15) is 13.2 Å².